The fourth-order valence-corrected chi connectivity index (χ4v) is 2.18. The van der Waals surface area contributed by atoms with Gasteiger partial charge in [-0.3, -0.25) is 9.69 Å². The lowest BCUT2D eigenvalue weighted by Crippen LogP contribution is -2.36. The van der Waals surface area contributed by atoms with Crippen molar-refractivity contribution in [3.63, 3.8) is 0 Å². The second-order valence-corrected chi connectivity index (χ2v) is 5.69. The molecule has 9 nitrogen and oxygen atoms in total. The van der Waals surface area contributed by atoms with Crippen molar-refractivity contribution in [2.75, 3.05) is 59.8 Å². The number of rotatable bonds is 11. The van der Waals surface area contributed by atoms with E-state index in [9.17, 15) is 19.5 Å². The lowest BCUT2D eigenvalue weighted by Gasteiger charge is -2.26. The van der Waals surface area contributed by atoms with Crippen LogP contribution >= 0.6 is 0 Å². The molecule has 0 aromatic heterocycles. The minimum absolute atomic E-state index is 0.246. The van der Waals surface area contributed by atoms with Crippen LogP contribution in [-0.2, 0) is 33.3 Å². The second kappa shape index (κ2) is 13.3. The van der Waals surface area contributed by atoms with Gasteiger partial charge in [-0.25, -0.2) is 9.59 Å². The van der Waals surface area contributed by atoms with Gasteiger partial charge in [0, 0.05) is 25.2 Å². The summed E-state index contributed by atoms with van der Waals surface area (Å²) in [5.41, 5.74) is 0. The van der Waals surface area contributed by atoms with Gasteiger partial charge in [0.1, 0.15) is 12.5 Å². The van der Waals surface area contributed by atoms with Crippen molar-refractivity contribution in [3.8, 4) is 0 Å². The minimum atomic E-state index is -0.954. The van der Waals surface area contributed by atoms with E-state index >= 15 is 0 Å². The molecule has 148 valence electrons. The van der Waals surface area contributed by atoms with E-state index in [-0.39, 0.29) is 13.2 Å². The van der Waals surface area contributed by atoms with Crippen LogP contribution in [0.4, 0.5) is 0 Å². The van der Waals surface area contributed by atoms with Crippen LogP contribution in [0.2, 0.25) is 0 Å². The van der Waals surface area contributed by atoms with Gasteiger partial charge in [0.2, 0.25) is 0 Å². The molecule has 0 aliphatic carbocycles. The van der Waals surface area contributed by atoms with Gasteiger partial charge in [-0.2, -0.15) is 0 Å². The van der Waals surface area contributed by atoms with E-state index in [0.717, 1.165) is 51.4 Å². The summed E-state index contributed by atoms with van der Waals surface area (Å²) < 4.78 is 19.5. The number of aliphatic hydroxyl groups excluding tert-OH is 1. The molecule has 1 rings (SSSR count). The zero-order valence-corrected chi connectivity index (χ0v) is 15.1. The Balaban J connectivity index is 2.16. The molecular weight excluding hydrogens is 346 g/mol. The molecule has 1 aliphatic heterocycles. The van der Waals surface area contributed by atoms with E-state index in [1.165, 1.54) is 7.11 Å². The summed E-state index contributed by atoms with van der Waals surface area (Å²) in [4.78, 5) is 36.4. The summed E-state index contributed by atoms with van der Waals surface area (Å²) in [6.07, 6.45) is 3.40. The van der Waals surface area contributed by atoms with E-state index in [4.69, 9.17) is 14.2 Å². The van der Waals surface area contributed by atoms with E-state index in [1.807, 2.05) is 0 Å². The first kappa shape index (κ1) is 22.1. The smallest absolute Gasteiger partial charge is 0.331 e. The summed E-state index contributed by atoms with van der Waals surface area (Å²) in [6.45, 7) is 3.68. The highest BCUT2D eigenvalue weighted by atomic mass is 16.6. The molecule has 0 aromatic carbocycles. The van der Waals surface area contributed by atoms with Gasteiger partial charge in [-0.15, -0.1) is 0 Å². The Labute approximate surface area is 152 Å². The summed E-state index contributed by atoms with van der Waals surface area (Å²) >= 11 is 0. The molecule has 1 fully saturated rings. The maximum Gasteiger partial charge on any atom is 0.331 e. The predicted molar refractivity (Wildman–Crippen MR) is 90.1 cm³/mol. The molecule has 1 saturated heterocycles. The third-order valence-corrected chi connectivity index (χ3v) is 3.75. The zero-order chi connectivity index (χ0) is 19.2. The van der Waals surface area contributed by atoms with Gasteiger partial charge < -0.3 is 24.1 Å². The molecule has 0 amide bonds. The number of morpholine rings is 1. The van der Waals surface area contributed by atoms with E-state index < -0.39 is 30.4 Å². The Morgan fingerprint density at radius 2 is 1.81 bits per heavy atom. The highest BCUT2D eigenvalue weighted by Gasteiger charge is 2.21. The topological polar surface area (TPSA) is 112 Å². The van der Waals surface area contributed by atoms with Gasteiger partial charge in [-0.1, -0.05) is 0 Å². The Morgan fingerprint density at radius 1 is 1.12 bits per heavy atom. The Bertz CT molecular complexity index is 473. The first-order valence-corrected chi connectivity index (χ1v) is 8.57. The van der Waals surface area contributed by atoms with Crippen LogP contribution < -0.4 is 0 Å². The molecule has 0 aromatic rings. The van der Waals surface area contributed by atoms with Crippen molar-refractivity contribution in [2.45, 2.75) is 12.8 Å². The van der Waals surface area contributed by atoms with Crippen LogP contribution in [0.25, 0.3) is 0 Å². The number of ether oxygens (including phenoxy) is 4. The van der Waals surface area contributed by atoms with E-state index in [2.05, 4.69) is 9.64 Å². The normalized spacial score (nSPS) is 16.2. The summed E-state index contributed by atoms with van der Waals surface area (Å²) in [7, 11) is 1.18. The third kappa shape index (κ3) is 9.50. The Kier molecular flexibility index (Phi) is 11.3. The summed E-state index contributed by atoms with van der Waals surface area (Å²) in [5.74, 6) is -3.09. The third-order valence-electron chi connectivity index (χ3n) is 3.75. The van der Waals surface area contributed by atoms with E-state index in [0.29, 0.717) is 6.42 Å². The number of methoxy groups -OCH3 is 1. The van der Waals surface area contributed by atoms with Crippen molar-refractivity contribution in [1.82, 2.24) is 4.90 Å². The van der Waals surface area contributed by atoms with Crippen molar-refractivity contribution >= 4 is 17.9 Å². The summed E-state index contributed by atoms with van der Waals surface area (Å²) in [5, 5.41) is 9.24. The van der Waals surface area contributed by atoms with Crippen molar-refractivity contribution < 1.29 is 38.4 Å². The first-order valence-electron chi connectivity index (χ1n) is 8.57. The number of hydrogen-bond donors (Lipinski definition) is 1. The molecule has 1 aliphatic rings. The van der Waals surface area contributed by atoms with Crippen LogP contribution in [0, 0.1) is 5.92 Å². The highest BCUT2D eigenvalue weighted by Crippen LogP contribution is 2.04. The average Bonchev–Trinajstić information content (AvgIpc) is 2.67. The predicted octanol–water partition coefficient (Wildman–Crippen LogP) is -0.477. The quantitative estimate of drug-likeness (QED) is 0.222. The second-order valence-electron chi connectivity index (χ2n) is 5.69. The van der Waals surface area contributed by atoms with Crippen molar-refractivity contribution in [1.29, 1.82) is 0 Å². The van der Waals surface area contributed by atoms with E-state index in [1.54, 1.807) is 0 Å². The molecular formula is C17H27NO8. The number of aliphatic hydroxyl groups is 1. The number of nitrogens with zero attached hydrogens (tertiary/aromatic N) is 1. The molecule has 0 radical (unpaired) electrons. The van der Waals surface area contributed by atoms with Gasteiger partial charge in [0.15, 0.2) is 0 Å². The van der Waals surface area contributed by atoms with Crippen molar-refractivity contribution in [3.05, 3.63) is 12.2 Å². The summed E-state index contributed by atoms with van der Waals surface area (Å²) in [6, 6.07) is 0. The molecule has 1 N–H and O–H groups in total. The van der Waals surface area contributed by atoms with Crippen LogP contribution in [-0.4, -0.2) is 87.7 Å². The number of hydrogen-bond acceptors (Lipinski definition) is 9. The molecule has 26 heavy (non-hydrogen) atoms. The van der Waals surface area contributed by atoms with Crippen molar-refractivity contribution in [2.24, 2.45) is 5.92 Å². The Hall–Kier alpha value is -1.97. The van der Waals surface area contributed by atoms with Crippen LogP contribution in [0.3, 0.4) is 0 Å². The zero-order valence-electron chi connectivity index (χ0n) is 15.1. The molecule has 1 atom stereocenters. The number of esters is 3. The van der Waals surface area contributed by atoms with Crippen LogP contribution in [0.5, 0.6) is 0 Å². The number of carbonyl (C=O) groups is 3. The first-order chi connectivity index (χ1) is 12.6. The average molecular weight is 373 g/mol. The molecule has 0 saturated carbocycles. The van der Waals surface area contributed by atoms with Gasteiger partial charge in [-0.05, 0) is 19.4 Å². The molecule has 1 heterocycles. The lowest BCUT2D eigenvalue weighted by atomic mass is 10.2. The SMILES string of the molecule is COC(=O)/C=C/C(=O)OCC(CO)C(=O)OCCCCN1CCOCC1. The van der Waals surface area contributed by atoms with Crippen LogP contribution in [0.1, 0.15) is 12.8 Å². The maximum atomic E-state index is 11.9. The lowest BCUT2D eigenvalue weighted by molar-refractivity contribution is -0.155. The van der Waals surface area contributed by atoms with Gasteiger partial charge in [0.05, 0.1) is 33.5 Å². The molecule has 1 unspecified atom stereocenters. The number of carbonyl (C=O) groups excluding carboxylic acids is 3. The molecule has 0 spiro atoms. The van der Waals surface area contributed by atoms with Gasteiger partial charge in [0.25, 0.3) is 0 Å². The highest BCUT2D eigenvalue weighted by molar-refractivity contribution is 5.91. The largest absolute Gasteiger partial charge is 0.466 e. The number of unbranched alkanes of at least 4 members (excludes halogenated alkanes) is 1. The Morgan fingerprint density at radius 3 is 2.46 bits per heavy atom. The van der Waals surface area contributed by atoms with Gasteiger partial charge >= 0.3 is 17.9 Å². The maximum absolute atomic E-state index is 11.9. The molecule has 9 heteroatoms. The van der Waals surface area contributed by atoms with Crippen LogP contribution in [0.15, 0.2) is 12.2 Å². The minimum Gasteiger partial charge on any atom is -0.466 e. The standard InChI is InChI=1S/C17H27NO8/c1-23-15(20)4-5-16(21)26-13-14(12-19)17(22)25-9-3-2-6-18-7-10-24-11-8-18/h4-5,14,19H,2-3,6-13H2,1H3/b5-4+. The fraction of sp³-hybridized carbons (Fsp3) is 0.706. The molecule has 0 bridgehead atoms. The fourth-order valence-electron chi connectivity index (χ4n) is 2.18. The monoisotopic (exact) mass is 373 g/mol.